The smallest absolute Gasteiger partial charge is 0.290 e. The summed E-state index contributed by atoms with van der Waals surface area (Å²) in [5.41, 5.74) is -0.0490. The standard InChI is InChI=1S/C13H10BrN5O3/c14-7-3-1-6(2-4-7)11(20)16-8-5-15-10-9(17-12(8)21)13(22)19-18-10/h1-5,8H,(H,16,20)(H,17,21)(H2,18,19,22)/t8-/m0/s1. The maximum atomic E-state index is 12.1. The lowest BCUT2D eigenvalue weighted by atomic mass is 10.2. The first-order valence-corrected chi connectivity index (χ1v) is 7.06. The van der Waals surface area contributed by atoms with Gasteiger partial charge in [-0.2, -0.15) is 0 Å². The van der Waals surface area contributed by atoms with Crippen LogP contribution in [0.5, 0.6) is 0 Å². The molecule has 1 aromatic carbocycles. The third-order valence-electron chi connectivity index (χ3n) is 3.03. The summed E-state index contributed by atoms with van der Waals surface area (Å²) in [6.07, 6.45) is 1.27. The molecule has 1 atom stereocenters. The van der Waals surface area contributed by atoms with Crippen LogP contribution in [-0.2, 0) is 4.79 Å². The number of rotatable bonds is 2. The summed E-state index contributed by atoms with van der Waals surface area (Å²) in [6, 6.07) is 5.72. The minimum absolute atomic E-state index is 0.0293. The third-order valence-corrected chi connectivity index (χ3v) is 3.56. The van der Waals surface area contributed by atoms with E-state index in [1.807, 2.05) is 0 Å². The number of anilines is 1. The molecule has 2 heterocycles. The van der Waals surface area contributed by atoms with Crippen LogP contribution in [0.2, 0.25) is 0 Å². The molecule has 8 nitrogen and oxygen atoms in total. The highest BCUT2D eigenvalue weighted by Gasteiger charge is 2.25. The van der Waals surface area contributed by atoms with Gasteiger partial charge in [0.1, 0.15) is 6.04 Å². The van der Waals surface area contributed by atoms with Gasteiger partial charge in [0.25, 0.3) is 17.4 Å². The molecule has 3 rings (SSSR count). The number of hydrogen-bond donors (Lipinski definition) is 4. The van der Waals surface area contributed by atoms with Crippen molar-refractivity contribution < 1.29 is 9.59 Å². The van der Waals surface area contributed by atoms with Gasteiger partial charge in [-0.05, 0) is 24.3 Å². The summed E-state index contributed by atoms with van der Waals surface area (Å²) in [6.45, 7) is 0. The van der Waals surface area contributed by atoms with Gasteiger partial charge >= 0.3 is 0 Å². The Hall–Kier alpha value is -2.68. The Morgan fingerprint density at radius 2 is 1.91 bits per heavy atom. The number of aliphatic imine (C=N–C) groups is 1. The fourth-order valence-corrected chi connectivity index (χ4v) is 2.17. The largest absolute Gasteiger partial charge is 0.336 e. The van der Waals surface area contributed by atoms with Crippen molar-refractivity contribution in [3.05, 3.63) is 44.7 Å². The van der Waals surface area contributed by atoms with Crippen LogP contribution in [0.15, 0.2) is 38.5 Å². The van der Waals surface area contributed by atoms with Crippen LogP contribution in [0.1, 0.15) is 10.4 Å². The molecular weight excluding hydrogens is 354 g/mol. The Bertz CT molecular complexity index is 821. The van der Waals surface area contributed by atoms with Crippen LogP contribution in [0.4, 0.5) is 11.5 Å². The van der Waals surface area contributed by atoms with Gasteiger partial charge in [-0.15, -0.1) is 0 Å². The molecule has 0 saturated heterocycles. The van der Waals surface area contributed by atoms with Gasteiger partial charge in [0.15, 0.2) is 11.5 Å². The molecule has 9 heteroatoms. The molecule has 0 unspecified atom stereocenters. The van der Waals surface area contributed by atoms with Gasteiger partial charge in [0.05, 0.1) is 0 Å². The van der Waals surface area contributed by atoms with Crippen molar-refractivity contribution in [1.29, 1.82) is 0 Å². The molecule has 22 heavy (non-hydrogen) atoms. The van der Waals surface area contributed by atoms with Crippen molar-refractivity contribution >= 4 is 45.5 Å². The molecular formula is C13H10BrN5O3. The number of nitrogens with zero attached hydrogens (tertiary/aromatic N) is 1. The molecule has 4 N–H and O–H groups in total. The highest BCUT2D eigenvalue weighted by atomic mass is 79.9. The van der Waals surface area contributed by atoms with Gasteiger partial charge in [-0.3, -0.25) is 24.6 Å². The maximum Gasteiger partial charge on any atom is 0.290 e. The lowest BCUT2D eigenvalue weighted by Gasteiger charge is -2.12. The average molecular weight is 364 g/mol. The molecule has 0 bridgehead atoms. The molecule has 0 spiro atoms. The molecule has 0 radical (unpaired) electrons. The second-order valence-electron chi connectivity index (χ2n) is 4.53. The van der Waals surface area contributed by atoms with Crippen LogP contribution in [0, 0.1) is 0 Å². The van der Waals surface area contributed by atoms with Gasteiger partial charge in [0, 0.05) is 16.3 Å². The van der Waals surface area contributed by atoms with Crippen LogP contribution in [0.25, 0.3) is 0 Å². The van der Waals surface area contributed by atoms with Gasteiger partial charge in [0.2, 0.25) is 0 Å². The van der Waals surface area contributed by atoms with Crippen LogP contribution < -0.4 is 16.2 Å². The second kappa shape index (κ2) is 5.60. The topological polar surface area (TPSA) is 119 Å². The van der Waals surface area contributed by atoms with E-state index >= 15 is 0 Å². The summed E-state index contributed by atoms with van der Waals surface area (Å²) >= 11 is 3.28. The zero-order chi connectivity index (χ0) is 15.7. The van der Waals surface area contributed by atoms with E-state index in [1.165, 1.54) is 6.21 Å². The minimum Gasteiger partial charge on any atom is -0.336 e. The van der Waals surface area contributed by atoms with Crippen LogP contribution in [-0.4, -0.2) is 34.3 Å². The fraction of sp³-hybridized carbons (Fsp3) is 0.0769. The number of benzene rings is 1. The number of hydrogen-bond acceptors (Lipinski definition) is 4. The Kier molecular flexibility index (Phi) is 3.63. The quantitative estimate of drug-likeness (QED) is 0.634. The Morgan fingerprint density at radius 3 is 2.64 bits per heavy atom. The van der Waals surface area contributed by atoms with E-state index in [4.69, 9.17) is 0 Å². The molecule has 1 aliphatic heterocycles. The van der Waals surface area contributed by atoms with Gasteiger partial charge < -0.3 is 10.6 Å². The van der Waals surface area contributed by atoms with Crippen LogP contribution in [0.3, 0.4) is 0 Å². The van der Waals surface area contributed by atoms with Gasteiger partial charge in [-0.25, -0.2) is 4.99 Å². The zero-order valence-corrected chi connectivity index (χ0v) is 12.6. The van der Waals surface area contributed by atoms with Crippen molar-refractivity contribution in [3.63, 3.8) is 0 Å². The predicted molar refractivity (Wildman–Crippen MR) is 83.6 cm³/mol. The molecule has 2 aromatic rings. The predicted octanol–water partition coefficient (Wildman–Crippen LogP) is 0.918. The number of aromatic nitrogens is 2. The fourth-order valence-electron chi connectivity index (χ4n) is 1.91. The average Bonchev–Trinajstić information content (AvgIpc) is 2.75. The summed E-state index contributed by atoms with van der Waals surface area (Å²) < 4.78 is 0.843. The number of fused-ring (bicyclic) bond motifs is 1. The first-order valence-electron chi connectivity index (χ1n) is 6.27. The van der Waals surface area contributed by atoms with Crippen molar-refractivity contribution in [2.45, 2.75) is 6.04 Å². The molecule has 1 aliphatic rings. The Labute approximate surface area is 132 Å². The number of H-pyrrole nitrogens is 2. The first-order chi connectivity index (χ1) is 10.5. The van der Waals surface area contributed by atoms with Crippen molar-refractivity contribution in [1.82, 2.24) is 15.5 Å². The maximum absolute atomic E-state index is 12.1. The SMILES string of the molecule is O=C(N[C@H]1C=Nc2[nH][nH]c(=O)c2NC1=O)c1ccc(Br)cc1. The van der Waals surface area contributed by atoms with Crippen molar-refractivity contribution in [2.75, 3.05) is 5.32 Å². The minimum atomic E-state index is -0.976. The molecule has 2 amide bonds. The van der Waals surface area contributed by atoms with E-state index in [2.05, 4.69) is 41.8 Å². The van der Waals surface area contributed by atoms with Gasteiger partial charge in [-0.1, -0.05) is 15.9 Å². The van der Waals surface area contributed by atoms with E-state index in [-0.39, 0.29) is 11.5 Å². The summed E-state index contributed by atoms with van der Waals surface area (Å²) in [7, 11) is 0. The molecule has 1 aromatic heterocycles. The van der Waals surface area contributed by atoms with E-state index in [0.29, 0.717) is 5.56 Å². The number of nitrogens with one attached hydrogen (secondary N) is 4. The number of aromatic amines is 2. The molecule has 0 saturated carbocycles. The van der Waals surface area contributed by atoms with E-state index in [1.54, 1.807) is 24.3 Å². The Balaban J connectivity index is 1.79. The normalized spacial score (nSPS) is 16.6. The van der Waals surface area contributed by atoms with E-state index in [9.17, 15) is 14.4 Å². The molecule has 0 aliphatic carbocycles. The lowest BCUT2D eigenvalue weighted by Crippen LogP contribution is -2.44. The molecule has 112 valence electrons. The number of halogens is 1. The number of carbonyl (C=O) groups excluding carboxylic acids is 2. The van der Waals surface area contributed by atoms with Crippen molar-refractivity contribution in [2.24, 2.45) is 4.99 Å². The number of carbonyl (C=O) groups is 2. The van der Waals surface area contributed by atoms with E-state index < -0.39 is 23.4 Å². The van der Waals surface area contributed by atoms with E-state index in [0.717, 1.165) is 4.47 Å². The van der Waals surface area contributed by atoms with Crippen LogP contribution >= 0.6 is 15.9 Å². The Morgan fingerprint density at radius 1 is 1.18 bits per heavy atom. The third kappa shape index (κ3) is 2.70. The first kappa shape index (κ1) is 14.3. The monoisotopic (exact) mass is 363 g/mol. The summed E-state index contributed by atoms with van der Waals surface area (Å²) in [5.74, 6) is -0.754. The highest BCUT2D eigenvalue weighted by molar-refractivity contribution is 9.10. The lowest BCUT2D eigenvalue weighted by molar-refractivity contribution is -0.116. The second-order valence-corrected chi connectivity index (χ2v) is 5.44. The molecule has 0 fully saturated rings. The summed E-state index contributed by atoms with van der Waals surface area (Å²) in [5, 5.41) is 9.82. The highest BCUT2D eigenvalue weighted by Crippen LogP contribution is 2.18. The summed E-state index contributed by atoms with van der Waals surface area (Å²) in [4.78, 5) is 39.6. The van der Waals surface area contributed by atoms with Crippen molar-refractivity contribution in [3.8, 4) is 0 Å². The zero-order valence-electron chi connectivity index (χ0n) is 11.0. The number of amides is 2.